The molecule has 0 spiro atoms. The van der Waals surface area contributed by atoms with Crippen molar-refractivity contribution in [3.05, 3.63) is 209 Å². The molecule has 0 aliphatic carbocycles. The second-order valence-corrected chi connectivity index (χ2v) is 15.2. The molecule has 2 N–H and O–H groups in total. The van der Waals surface area contributed by atoms with Crippen LogP contribution in [0.5, 0.6) is 5.75 Å². The van der Waals surface area contributed by atoms with Crippen molar-refractivity contribution in [2.75, 3.05) is 13.2 Å². The fraction of sp³-hybridized carbons (Fsp3) is 0.255. The number of ether oxygens (including phenoxy) is 6. The molecule has 0 radical (unpaired) electrons. The van der Waals surface area contributed by atoms with Gasteiger partial charge in [0.1, 0.15) is 30.2 Å². The van der Waals surface area contributed by atoms with E-state index in [0.717, 1.165) is 40.8 Å². The van der Waals surface area contributed by atoms with Crippen molar-refractivity contribution in [3.63, 3.8) is 0 Å². The van der Waals surface area contributed by atoms with E-state index in [1.165, 1.54) is 22.2 Å². The Morgan fingerprint density at radius 2 is 1.05 bits per heavy atom. The van der Waals surface area contributed by atoms with Gasteiger partial charge in [0.05, 0.1) is 39.1 Å². The highest BCUT2D eigenvalue weighted by molar-refractivity contribution is 5.85. The minimum atomic E-state index is -0.847. The van der Waals surface area contributed by atoms with Crippen LogP contribution in [0.4, 0.5) is 0 Å². The third kappa shape index (κ3) is 9.50. The molecule has 1 fully saturated rings. The maximum atomic E-state index is 6.94. The van der Waals surface area contributed by atoms with Crippen molar-refractivity contribution in [1.82, 2.24) is 10.3 Å². The second kappa shape index (κ2) is 19.0. The molecule has 1 unspecified atom stereocenters. The average Bonchev–Trinajstić information content (AvgIpc) is 3.68. The Bertz CT molecular complexity index is 2340. The molecule has 7 aromatic rings. The summed E-state index contributed by atoms with van der Waals surface area (Å²) in [5, 5.41) is 5.02. The van der Waals surface area contributed by atoms with Crippen molar-refractivity contribution >= 4 is 10.9 Å². The van der Waals surface area contributed by atoms with Gasteiger partial charge in [-0.25, -0.2) is 0 Å². The van der Waals surface area contributed by atoms with E-state index in [2.05, 4.69) is 95.2 Å². The van der Waals surface area contributed by atoms with E-state index in [4.69, 9.17) is 28.4 Å². The normalized spacial score (nSPS) is 21.6. The minimum Gasteiger partial charge on any atom is -0.462 e. The van der Waals surface area contributed by atoms with E-state index in [0.29, 0.717) is 32.2 Å². The highest BCUT2D eigenvalue weighted by atomic mass is 16.7. The van der Waals surface area contributed by atoms with E-state index in [1.807, 2.05) is 84.9 Å². The molecule has 300 valence electrons. The summed E-state index contributed by atoms with van der Waals surface area (Å²) in [6.45, 7) is 2.63. The van der Waals surface area contributed by atoms with Crippen molar-refractivity contribution in [3.8, 4) is 5.75 Å². The number of H-pyrrole nitrogens is 1. The fourth-order valence-corrected chi connectivity index (χ4v) is 8.18. The lowest BCUT2D eigenvalue weighted by Crippen LogP contribution is -2.62. The van der Waals surface area contributed by atoms with E-state index < -0.39 is 30.7 Å². The number of aromatic amines is 1. The molecule has 2 aliphatic heterocycles. The summed E-state index contributed by atoms with van der Waals surface area (Å²) in [4.78, 5) is 3.70. The quantitative estimate of drug-likeness (QED) is 0.101. The molecule has 8 nitrogen and oxygen atoms in total. The second-order valence-electron chi connectivity index (χ2n) is 15.2. The summed E-state index contributed by atoms with van der Waals surface area (Å²) in [5.74, 6) is 0.661. The number of aromatic nitrogens is 1. The van der Waals surface area contributed by atoms with Crippen LogP contribution in [-0.2, 0) is 56.5 Å². The lowest BCUT2D eigenvalue weighted by molar-refractivity contribution is -0.310. The summed E-state index contributed by atoms with van der Waals surface area (Å²) in [6, 6.07) is 57.5. The number of fused-ring (bicyclic) bond motifs is 3. The number of rotatable bonds is 16. The van der Waals surface area contributed by atoms with Crippen molar-refractivity contribution in [2.45, 2.75) is 69.6 Å². The molecule has 0 bridgehead atoms. The zero-order valence-electron chi connectivity index (χ0n) is 33.0. The molecule has 1 aromatic heterocycles. The first kappa shape index (κ1) is 38.9. The predicted molar refractivity (Wildman–Crippen MR) is 229 cm³/mol. The van der Waals surface area contributed by atoms with Gasteiger partial charge in [0.15, 0.2) is 0 Å². The number of nitrogens with one attached hydrogen (secondary N) is 2. The van der Waals surface area contributed by atoms with Gasteiger partial charge in [0, 0.05) is 23.1 Å². The van der Waals surface area contributed by atoms with Crippen molar-refractivity contribution < 1.29 is 28.4 Å². The van der Waals surface area contributed by atoms with E-state index >= 15 is 0 Å². The van der Waals surface area contributed by atoms with Gasteiger partial charge >= 0.3 is 0 Å². The standard InChI is InChI=1S/C51H50N2O6/c1-5-15-36(16-6-1)31-54-35-45-48(55-32-37-17-7-2-8-18-37)49(56-33-38-19-9-3-10-20-38)50(57-34-39-21-11-4-12-22-39)51(59-45)58-41-27-25-40(26-28-41)46-47-43(29-30-52-46)42-23-13-14-24-44(42)53-47/h1-28,45-46,48-53H,29-35H2/t45-,46?,48-,49-,50-,51+/m1/s1. The molecule has 9 rings (SSSR count). The Morgan fingerprint density at radius 3 is 1.66 bits per heavy atom. The number of para-hydroxylation sites is 1. The lowest BCUT2D eigenvalue weighted by atomic mass is 9.94. The minimum absolute atomic E-state index is 0.0394. The Morgan fingerprint density at radius 1 is 0.525 bits per heavy atom. The smallest absolute Gasteiger partial charge is 0.229 e. The van der Waals surface area contributed by atoms with E-state index in [9.17, 15) is 0 Å². The molecule has 2 aliphatic rings. The number of hydrogen-bond donors (Lipinski definition) is 2. The topological polar surface area (TPSA) is 83.2 Å². The maximum absolute atomic E-state index is 6.94. The zero-order valence-corrected chi connectivity index (χ0v) is 33.0. The molecule has 0 amide bonds. The van der Waals surface area contributed by atoms with Crippen LogP contribution in [-0.4, -0.2) is 48.8 Å². The molecule has 8 heteroatoms. The molecule has 59 heavy (non-hydrogen) atoms. The van der Waals surface area contributed by atoms with Gasteiger partial charge in [-0.2, -0.15) is 0 Å². The van der Waals surface area contributed by atoms with Gasteiger partial charge in [0.2, 0.25) is 6.29 Å². The van der Waals surface area contributed by atoms with Crippen molar-refractivity contribution in [2.24, 2.45) is 0 Å². The van der Waals surface area contributed by atoms with Gasteiger partial charge in [-0.05, 0) is 58.0 Å². The molecule has 6 aromatic carbocycles. The lowest BCUT2D eigenvalue weighted by Gasteiger charge is -2.45. The van der Waals surface area contributed by atoms with Crippen LogP contribution < -0.4 is 10.1 Å². The summed E-state index contributed by atoms with van der Waals surface area (Å²) in [7, 11) is 0. The summed E-state index contributed by atoms with van der Waals surface area (Å²) < 4.78 is 40.7. The number of benzene rings is 6. The van der Waals surface area contributed by atoms with Gasteiger partial charge in [-0.1, -0.05) is 152 Å². The molecule has 0 saturated carbocycles. The largest absolute Gasteiger partial charge is 0.462 e. The first-order valence-corrected chi connectivity index (χ1v) is 20.6. The predicted octanol–water partition coefficient (Wildman–Crippen LogP) is 9.48. The maximum Gasteiger partial charge on any atom is 0.229 e. The van der Waals surface area contributed by atoms with Gasteiger partial charge in [-0.3, -0.25) is 0 Å². The monoisotopic (exact) mass is 786 g/mol. The van der Waals surface area contributed by atoms with E-state index in [1.54, 1.807) is 0 Å². The zero-order chi connectivity index (χ0) is 39.6. The highest BCUT2D eigenvalue weighted by Gasteiger charge is 2.50. The fourth-order valence-electron chi connectivity index (χ4n) is 8.18. The molecule has 1 saturated heterocycles. The van der Waals surface area contributed by atoms with Gasteiger partial charge in [0.25, 0.3) is 0 Å². The summed E-state index contributed by atoms with van der Waals surface area (Å²) in [6.07, 6.45) is -2.21. The van der Waals surface area contributed by atoms with Gasteiger partial charge in [-0.15, -0.1) is 0 Å². The highest BCUT2D eigenvalue weighted by Crippen LogP contribution is 2.36. The van der Waals surface area contributed by atoms with Gasteiger partial charge < -0.3 is 38.7 Å². The Balaban J connectivity index is 1.02. The average molecular weight is 787 g/mol. The summed E-state index contributed by atoms with van der Waals surface area (Å²) >= 11 is 0. The SMILES string of the molecule is c1ccc(COC[C@H]2O[C@H](Oc3ccc(C4NCCc5c4[nH]c4ccccc54)cc3)[C@H](OCc3ccccc3)[C@H](OCc3ccccc3)[C@@H]2OCc2ccccc2)cc1. The van der Waals surface area contributed by atoms with Crippen LogP contribution in [0.2, 0.25) is 0 Å². The third-order valence-electron chi connectivity index (χ3n) is 11.2. The van der Waals surface area contributed by atoms with Crippen LogP contribution in [0.25, 0.3) is 10.9 Å². The van der Waals surface area contributed by atoms with Crippen LogP contribution in [0.15, 0.2) is 170 Å². The van der Waals surface area contributed by atoms with Crippen LogP contribution in [0.3, 0.4) is 0 Å². The Labute approximate surface area is 346 Å². The molecular formula is C51H50N2O6. The van der Waals surface area contributed by atoms with E-state index in [-0.39, 0.29) is 12.6 Å². The molecular weight excluding hydrogens is 737 g/mol. The Hall–Kier alpha value is -5.58. The first-order chi connectivity index (χ1) is 29.2. The van der Waals surface area contributed by atoms with Crippen LogP contribution in [0, 0.1) is 0 Å². The van der Waals surface area contributed by atoms with Crippen LogP contribution in [0.1, 0.15) is 45.1 Å². The number of hydrogen-bond acceptors (Lipinski definition) is 7. The third-order valence-corrected chi connectivity index (χ3v) is 11.2. The Kier molecular flexibility index (Phi) is 12.5. The first-order valence-electron chi connectivity index (χ1n) is 20.6. The van der Waals surface area contributed by atoms with Crippen LogP contribution >= 0.6 is 0 Å². The molecule has 6 atom stereocenters. The molecule has 3 heterocycles. The van der Waals surface area contributed by atoms with Crippen molar-refractivity contribution in [1.29, 1.82) is 0 Å². The summed E-state index contributed by atoms with van der Waals surface area (Å²) in [5.41, 5.74) is 9.11.